The second-order valence-corrected chi connectivity index (χ2v) is 4.12. The van der Waals surface area contributed by atoms with Gasteiger partial charge in [-0.3, -0.25) is 0 Å². The van der Waals surface area contributed by atoms with Crippen molar-refractivity contribution in [2.45, 2.75) is 19.9 Å². The minimum Gasteiger partial charge on any atom is -0.493 e. The van der Waals surface area contributed by atoms with Gasteiger partial charge in [-0.15, -0.1) is 0 Å². The van der Waals surface area contributed by atoms with Gasteiger partial charge in [0.1, 0.15) is 7.11 Å². The zero-order valence-electron chi connectivity index (χ0n) is 10.7. The molecule has 2 rings (SSSR count). The average molecular weight is 247 g/mol. The van der Waals surface area contributed by atoms with E-state index in [2.05, 4.69) is 10.6 Å². The molecular formula is C13H17N3O2. The van der Waals surface area contributed by atoms with Crippen molar-refractivity contribution in [1.82, 2.24) is 5.43 Å². The van der Waals surface area contributed by atoms with E-state index in [9.17, 15) is 5.11 Å². The lowest BCUT2D eigenvalue weighted by atomic mass is 10.1. The molecule has 1 heterocycles. The van der Waals surface area contributed by atoms with Crippen LogP contribution in [-0.4, -0.2) is 24.0 Å². The summed E-state index contributed by atoms with van der Waals surface area (Å²) in [6, 6.07) is 9.58. The van der Waals surface area contributed by atoms with Gasteiger partial charge >= 0.3 is 0 Å². The van der Waals surface area contributed by atoms with Crippen molar-refractivity contribution in [3.05, 3.63) is 41.8 Å². The Morgan fingerprint density at radius 2 is 2.06 bits per heavy atom. The number of oxime groups is 1. The van der Waals surface area contributed by atoms with Gasteiger partial charge in [0.2, 0.25) is 5.88 Å². The van der Waals surface area contributed by atoms with Crippen LogP contribution in [0.4, 0.5) is 5.69 Å². The largest absolute Gasteiger partial charge is 0.493 e. The highest BCUT2D eigenvalue weighted by Gasteiger charge is 2.31. The van der Waals surface area contributed by atoms with Gasteiger partial charge in [-0.2, -0.15) is 0 Å². The number of hydrogen-bond donors (Lipinski definition) is 2. The van der Waals surface area contributed by atoms with Crippen molar-refractivity contribution in [2.24, 2.45) is 5.16 Å². The van der Waals surface area contributed by atoms with E-state index < -0.39 is 0 Å². The standard InChI is InChI=1S/C13H17N3O2/c1-9-12(10(2)15-18-3)13(17)16(14-9)11-7-5-4-6-8-11/h4-9,14,17H,1-3H3/b15-10+. The van der Waals surface area contributed by atoms with Gasteiger partial charge in [-0.1, -0.05) is 23.4 Å². The molecule has 0 aliphatic carbocycles. The number of nitrogens with zero attached hydrogens (tertiary/aromatic N) is 2. The van der Waals surface area contributed by atoms with Gasteiger partial charge in [-0.25, -0.2) is 10.4 Å². The fraction of sp³-hybridized carbons (Fsp3) is 0.308. The van der Waals surface area contributed by atoms with E-state index in [0.717, 1.165) is 11.3 Å². The Bertz CT molecular complexity index is 482. The molecule has 0 spiro atoms. The summed E-state index contributed by atoms with van der Waals surface area (Å²) in [4.78, 5) is 4.75. The van der Waals surface area contributed by atoms with Crippen LogP contribution in [-0.2, 0) is 4.84 Å². The Morgan fingerprint density at radius 1 is 1.39 bits per heavy atom. The maximum atomic E-state index is 10.3. The Hall–Kier alpha value is -2.01. The monoisotopic (exact) mass is 247 g/mol. The van der Waals surface area contributed by atoms with Gasteiger partial charge in [0.05, 0.1) is 23.0 Å². The Labute approximate surface area is 106 Å². The van der Waals surface area contributed by atoms with Crippen LogP contribution in [0, 0.1) is 0 Å². The molecule has 1 aromatic carbocycles. The quantitative estimate of drug-likeness (QED) is 0.635. The van der Waals surface area contributed by atoms with Crippen LogP contribution >= 0.6 is 0 Å². The minimum atomic E-state index is -0.0240. The third-order valence-electron chi connectivity index (χ3n) is 2.84. The fourth-order valence-electron chi connectivity index (χ4n) is 2.07. The zero-order valence-corrected chi connectivity index (χ0v) is 10.7. The normalized spacial score (nSPS) is 20.5. The van der Waals surface area contributed by atoms with Crippen LogP contribution in [0.2, 0.25) is 0 Å². The fourth-order valence-corrected chi connectivity index (χ4v) is 2.07. The third kappa shape index (κ3) is 2.17. The van der Waals surface area contributed by atoms with E-state index in [1.54, 1.807) is 5.01 Å². The van der Waals surface area contributed by atoms with Gasteiger partial charge < -0.3 is 9.94 Å². The molecule has 0 aromatic heterocycles. The Morgan fingerprint density at radius 3 is 2.67 bits per heavy atom. The molecule has 1 aliphatic rings. The highest BCUT2D eigenvalue weighted by Crippen LogP contribution is 2.25. The lowest BCUT2D eigenvalue weighted by Crippen LogP contribution is -2.36. The first kappa shape index (κ1) is 12.4. The maximum Gasteiger partial charge on any atom is 0.213 e. The van der Waals surface area contributed by atoms with Crippen molar-refractivity contribution in [2.75, 3.05) is 12.1 Å². The highest BCUT2D eigenvalue weighted by molar-refractivity contribution is 6.00. The molecule has 2 N–H and O–H groups in total. The van der Waals surface area contributed by atoms with E-state index in [1.165, 1.54) is 7.11 Å². The second kappa shape index (κ2) is 5.10. The van der Waals surface area contributed by atoms with Gasteiger partial charge in [0, 0.05) is 0 Å². The molecule has 0 saturated carbocycles. The molecule has 96 valence electrons. The first-order valence-corrected chi connectivity index (χ1v) is 5.77. The van der Waals surface area contributed by atoms with E-state index in [0.29, 0.717) is 5.71 Å². The molecule has 0 amide bonds. The lowest BCUT2D eigenvalue weighted by molar-refractivity contribution is 0.213. The van der Waals surface area contributed by atoms with Crippen LogP contribution < -0.4 is 10.4 Å². The van der Waals surface area contributed by atoms with Crippen molar-refractivity contribution in [3.8, 4) is 0 Å². The summed E-state index contributed by atoms with van der Waals surface area (Å²) in [5.41, 5.74) is 5.46. The maximum absolute atomic E-state index is 10.3. The molecule has 0 fully saturated rings. The molecule has 5 nitrogen and oxygen atoms in total. The van der Waals surface area contributed by atoms with Crippen LogP contribution in [0.5, 0.6) is 0 Å². The van der Waals surface area contributed by atoms with E-state index in [-0.39, 0.29) is 11.9 Å². The van der Waals surface area contributed by atoms with Gasteiger partial charge in [0.25, 0.3) is 0 Å². The molecule has 0 saturated heterocycles. The first-order valence-electron chi connectivity index (χ1n) is 5.77. The van der Waals surface area contributed by atoms with Crippen molar-refractivity contribution in [1.29, 1.82) is 0 Å². The topological polar surface area (TPSA) is 57.1 Å². The number of anilines is 1. The molecule has 1 unspecified atom stereocenters. The predicted octanol–water partition coefficient (Wildman–Crippen LogP) is 2.19. The predicted molar refractivity (Wildman–Crippen MR) is 71.3 cm³/mol. The molecule has 18 heavy (non-hydrogen) atoms. The van der Waals surface area contributed by atoms with Gasteiger partial charge in [0.15, 0.2) is 0 Å². The van der Waals surface area contributed by atoms with Gasteiger partial charge in [-0.05, 0) is 26.0 Å². The molecule has 0 radical (unpaired) electrons. The number of rotatable bonds is 3. The summed E-state index contributed by atoms with van der Waals surface area (Å²) in [7, 11) is 1.49. The van der Waals surface area contributed by atoms with Crippen molar-refractivity contribution in [3.63, 3.8) is 0 Å². The third-order valence-corrected chi connectivity index (χ3v) is 2.84. The van der Waals surface area contributed by atoms with E-state index >= 15 is 0 Å². The molecule has 1 atom stereocenters. The molecule has 0 bridgehead atoms. The second-order valence-electron chi connectivity index (χ2n) is 4.12. The Balaban J connectivity index is 2.36. The molecular weight excluding hydrogens is 230 g/mol. The average Bonchev–Trinajstić information content (AvgIpc) is 2.66. The van der Waals surface area contributed by atoms with Crippen LogP contribution in [0.15, 0.2) is 46.9 Å². The molecule has 5 heteroatoms. The Kier molecular flexibility index (Phi) is 3.53. The summed E-state index contributed by atoms with van der Waals surface area (Å²) in [5.74, 6) is 0.159. The molecule has 1 aliphatic heterocycles. The number of nitrogens with one attached hydrogen (secondary N) is 1. The smallest absolute Gasteiger partial charge is 0.213 e. The molecule has 1 aromatic rings. The highest BCUT2D eigenvalue weighted by atomic mass is 16.6. The number of benzene rings is 1. The summed E-state index contributed by atoms with van der Waals surface area (Å²) >= 11 is 0. The van der Waals surface area contributed by atoms with E-state index in [4.69, 9.17) is 4.84 Å². The summed E-state index contributed by atoms with van der Waals surface area (Å²) in [6.45, 7) is 3.77. The first-order chi connectivity index (χ1) is 8.65. The van der Waals surface area contributed by atoms with Crippen molar-refractivity contribution < 1.29 is 9.94 Å². The zero-order chi connectivity index (χ0) is 13.1. The summed E-state index contributed by atoms with van der Waals surface area (Å²) < 4.78 is 0. The lowest BCUT2D eigenvalue weighted by Gasteiger charge is -2.19. The number of aliphatic hydroxyl groups excluding tert-OH is 1. The number of aliphatic hydroxyl groups is 1. The van der Waals surface area contributed by atoms with Crippen LogP contribution in [0.25, 0.3) is 0 Å². The van der Waals surface area contributed by atoms with Crippen molar-refractivity contribution >= 4 is 11.4 Å². The number of hydrogen-bond acceptors (Lipinski definition) is 5. The summed E-state index contributed by atoms with van der Waals surface area (Å²) in [5, 5.41) is 15.8. The number of para-hydroxylation sites is 1. The SMILES string of the molecule is CO/N=C(\C)C1=C(O)N(c2ccccc2)NC1C. The number of hydrazine groups is 1. The summed E-state index contributed by atoms with van der Waals surface area (Å²) in [6.07, 6.45) is 0. The van der Waals surface area contributed by atoms with Crippen LogP contribution in [0.1, 0.15) is 13.8 Å². The van der Waals surface area contributed by atoms with Crippen LogP contribution in [0.3, 0.4) is 0 Å². The van der Waals surface area contributed by atoms with E-state index in [1.807, 2.05) is 44.2 Å². The minimum absolute atomic E-state index is 0.0240.